The summed E-state index contributed by atoms with van der Waals surface area (Å²) in [5, 5.41) is 16.1. The average molecular weight is 354 g/mol. The highest BCUT2D eigenvalue weighted by atomic mass is 32.1. The molecule has 0 bridgehead atoms. The quantitative estimate of drug-likeness (QED) is 0.543. The van der Waals surface area contributed by atoms with Crippen molar-refractivity contribution in [2.45, 2.75) is 6.42 Å². The van der Waals surface area contributed by atoms with Gasteiger partial charge in [-0.15, -0.1) is 21.5 Å². The van der Waals surface area contributed by atoms with Crippen LogP contribution in [0, 0.1) is 0 Å². The van der Waals surface area contributed by atoms with E-state index in [1.165, 1.54) is 16.2 Å². The van der Waals surface area contributed by atoms with Gasteiger partial charge in [-0.1, -0.05) is 29.5 Å². The molecule has 0 amide bonds. The summed E-state index contributed by atoms with van der Waals surface area (Å²) >= 11 is 3.24. The Labute approximate surface area is 146 Å². The Morgan fingerprint density at radius 2 is 2.00 bits per heavy atom. The molecule has 24 heavy (non-hydrogen) atoms. The van der Waals surface area contributed by atoms with Gasteiger partial charge < -0.3 is 4.74 Å². The van der Waals surface area contributed by atoms with Crippen molar-refractivity contribution in [3.63, 3.8) is 0 Å². The number of thiophene rings is 1. The van der Waals surface area contributed by atoms with E-state index in [1.807, 2.05) is 40.9 Å². The van der Waals surface area contributed by atoms with Crippen LogP contribution in [0.3, 0.4) is 0 Å². The highest BCUT2D eigenvalue weighted by Gasteiger charge is 2.11. The smallest absolute Gasteiger partial charge is 0.234 e. The van der Waals surface area contributed by atoms with Crippen LogP contribution < -0.4 is 4.74 Å². The first-order valence-electron chi connectivity index (χ1n) is 7.37. The predicted molar refractivity (Wildman–Crippen MR) is 97.7 cm³/mol. The summed E-state index contributed by atoms with van der Waals surface area (Å²) in [6.07, 6.45) is 4.77. The maximum Gasteiger partial charge on any atom is 0.234 e. The number of fused-ring (bicyclic) bond motifs is 1. The van der Waals surface area contributed by atoms with Crippen molar-refractivity contribution in [3.8, 4) is 5.75 Å². The first-order valence-corrected chi connectivity index (χ1v) is 9.07. The molecule has 0 radical (unpaired) electrons. The molecule has 3 aromatic heterocycles. The standard InChI is InChI=1S/C17H14N4OS2/c1-22-13-6-4-12(5-7-13)11-15-18-19-17-21(15)20-16(24-17)9-8-14-3-2-10-23-14/h2-10H,11H2,1H3/b9-8+. The lowest BCUT2D eigenvalue weighted by atomic mass is 10.1. The van der Waals surface area contributed by atoms with Gasteiger partial charge in [0.05, 0.1) is 7.11 Å². The number of nitrogens with zero attached hydrogens (tertiary/aromatic N) is 4. The van der Waals surface area contributed by atoms with Gasteiger partial charge in [0, 0.05) is 11.3 Å². The van der Waals surface area contributed by atoms with Crippen molar-refractivity contribution in [2.75, 3.05) is 7.11 Å². The molecule has 1 aromatic carbocycles. The molecule has 5 nitrogen and oxygen atoms in total. The molecule has 4 rings (SSSR count). The number of hydrogen-bond acceptors (Lipinski definition) is 6. The number of ether oxygens (including phenoxy) is 1. The van der Waals surface area contributed by atoms with E-state index in [9.17, 15) is 0 Å². The van der Waals surface area contributed by atoms with Crippen molar-refractivity contribution in [3.05, 3.63) is 63.1 Å². The summed E-state index contributed by atoms with van der Waals surface area (Å²) in [5.41, 5.74) is 1.15. The molecule has 7 heteroatoms. The van der Waals surface area contributed by atoms with Gasteiger partial charge in [0.1, 0.15) is 10.8 Å². The number of methoxy groups -OCH3 is 1. The Hall–Kier alpha value is -2.51. The van der Waals surface area contributed by atoms with Crippen molar-refractivity contribution in [1.29, 1.82) is 0 Å². The second kappa shape index (κ2) is 6.54. The predicted octanol–water partition coefficient (Wildman–Crippen LogP) is 4.02. The molecule has 4 aromatic rings. The highest BCUT2D eigenvalue weighted by molar-refractivity contribution is 7.17. The molecular formula is C17H14N4OS2. The Morgan fingerprint density at radius 3 is 2.75 bits per heavy atom. The normalized spacial score (nSPS) is 11.5. The van der Waals surface area contributed by atoms with Crippen LogP contribution >= 0.6 is 22.7 Å². The van der Waals surface area contributed by atoms with Crippen LogP contribution in [-0.4, -0.2) is 26.9 Å². The van der Waals surface area contributed by atoms with E-state index < -0.39 is 0 Å². The van der Waals surface area contributed by atoms with Crippen molar-refractivity contribution in [1.82, 2.24) is 19.8 Å². The van der Waals surface area contributed by atoms with Crippen molar-refractivity contribution < 1.29 is 4.74 Å². The molecule has 0 spiro atoms. The van der Waals surface area contributed by atoms with E-state index >= 15 is 0 Å². The SMILES string of the molecule is COc1ccc(Cc2nnc3sc(/C=C/c4cccs4)nn23)cc1. The van der Waals surface area contributed by atoms with Gasteiger partial charge in [0.25, 0.3) is 0 Å². The third-order valence-electron chi connectivity index (χ3n) is 3.53. The van der Waals surface area contributed by atoms with Gasteiger partial charge in [-0.25, -0.2) is 0 Å². The van der Waals surface area contributed by atoms with Gasteiger partial charge in [0.15, 0.2) is 5.82 Å². The van der Waals surface area contributed by atoms with E-state index in [1.54, 1.807) is 18.4 Å². The van der Waals surface area contributed by atoms with E-state index in [-0.39, 0.29) is 0 Å². The maximum atomic E-state index is 5.18. The summed E-state index contributed by atoms with van der Waals surface area (Å²) in [6, 6.07) is 12.1. The van der Waals surface area contributed by atoms with Gasteiger partial charge in [-0.2, -0.15) is 9.61 Å². The molecule has 3 heterocycles. The second-order valence-corrected chi connectivity index (χ2v) is 7.09. The number of hydrogen-bond donors (Lipinski definition) is 0. The molecule has 0 saturated carbocycles. The minimum Gasteiger partial charge on any atom is -0.497 e. The van der Waals surface area contributed by atoms with Crippen LogP contribution in [-0.2, 0) is 6.42 Å². The molecule has 0 atom stereocenters. The van der Waals surface area contributed by atoms with Crippen molar-refractivity contribution in [2.24, 2.45) is 0 Å². The van der Waals surface area contributed by atoms with E-state index in [0.717, 1.165) is 27.1 Å². The largest absolute Gasteiger partial charge is 0.497 e. The third-order valence-corrected chi connectivity index (χ3v) is 5.23. The summed E-state index contributed by atoms with van der Waals surface area (Å²) in [7, 11) is 1.66. The fourth-order valence-corrected chi connectivity index (χ4v) is 3.69. The minimum atomic E-state index is 0.684. The lowest BCUT2D eigenvalue weighted by Gasteiger charge is -2.01. The maximum absolute atomic E-state index is 5.18. The monoisotopic (exact) mass is 354 g/mol. The summed E-state index contributed by atoms with van der Waals surface area (Å²) < 4.78 is 7.01. The average Bonchev–Trinajstić information content (AvgIpc) is 3.32. The zero-order chi connectivity index (χ0) is 16.4. The molecule has 0 aliphatic rings. The number of rotatable bonds is 5. The Kier molecular flexibility index (Phi) is 4.10. The molecule has 0 unspecified atom stereocenters. The van der Waals surface area contributed by atoms with Gasteiger partial charge in [-0.3, -0.25) is 0 Å². The van der Waals surface area contributed by atoms with Crippen molar-refractivity contribution >= 4 is 39.8 Å². The summed E-state index contributed by atoms with van der Waals surface area (Å²) in [4.78, 5) is 2.02. The second-order valence-electron chi connectivity index (χ2n) is 5.12. The molecule has 0 aliphatic carbocycles. The van der Waals surface area contributed by atoms with Crippen LogP contribution in [0.1, 0.15) is 21.3 Å². The zero-order valence-electron chi connectivity index (χ0n) is 12.9. The van der Waals surface area contributed by atoms with Crippen LogP contribution in [0.15, 0.2) is 41.8 Å². The number of benzene rings is 1. The Balaban J connectivity index is 1.57. The summed E-state index contributed by atoms with van der Waals surface area (Å²) in [5.74, 6) is 1.68. The fraction of sp³-hybridized carbons (Fsp3) is 0.118. The van der Waals surface area contributed by atoms with Crippen LogP contribution in [0.2, 0.25) is 0 Å². The molecule has 0 saturated heterocycles. The lowest BCUT2D eigenvalue weighted by Crippen LogP contribution is -1.97. The van der Waals surface area contributed by atoms with Gasteiger partial charge >= 0.3 is 0 Å². The van der Waals surface area contributed by atoms with E-state index in [4.69, 9.17) is 4.74 Å². The van der Waals surface area contributed by atoms with E-state index in [2.05, 4.69) is 32.8 Å². The van der Waals surface area contributed by atoms with E-state index in [0.29, 0.717) is 6.42 Å². The lowest BCUT2D eigenvalue weighted by molar-refractivity contribution is 0.414. The van der Waals surface area contributed by atoms with Gasteiger partial charge in [0.2, 0.25) is 4.96 Å². The summed E-state index contributed by atoms with van der Waals surface area (Å²) in [6.45, 7) is 0. The zero-order valence-corrected chi connectivity index (χ0v) is 14.5. The number of aromatic nitrogens is 4. The molecule has 0 N–H and O–H groups in total. The van der Waals surface area contributed by atoms with Crippen LogP contribution in [0.5, 0.6) is 5.75 Å². The minimum absolute atomic E-state index is 0.684. The third kappa shape index (κ3) is 3.08. The Bertz CT molecular complexity index is 968. The topological polar surface area (TPSA) is 52.3 Å². The Morgan fingerprint density at radius 1 is 1.12 bits per heavy atom. The first kappa shape index (κ1) is 15.0. The molecule has 120 valence electrons. The van der Waals surface area contributed by atoms with Crippen LogP contribution in [0.4, 0.5) is 0 Å². The molecule has 0 aliphatic heterocycles. The molecular weight excluding hydrogens is 340 g/mol. The molecule has 0 fully saturated rings. The van der Waals surface area contributed by atoms with Gasteiger partial charge in [-0.05, 0) is 41.3 Å². The fourth-order valence-electron chi connectivity index (χ4n) is 2.32. The van der Waals surface area contributed by atoms with Crippen LogP contribution in [0.25, 0.3) is 17.1 Å². The highest BCUT2D eigenvalue weighted by Crippen LogP contribution is 2.20. The first-order chi connectivity index (χ1) is 11.8.